The average Bonchev–Trinajstić information content (AvgIpc) is 2.92. The van der Waals surface area contributed by atoms with Crippen LogP contribution in [0, 0.1) is 18.6 Å². The Bertz CT molecular complexity index is 808. The fourth-order valence-corrected chi connectivity index (χ4v) is 2.70. The summed E-state index contributed by atoms with van der Waals surface area (Å²) in [5, 5.41) is 5.24. The van der Waals surface area contributed by atoms with Crippen molar-refractivity contribution in [2.24, 2.45) is 0 Å². The molecule has 0 saturated carbocycles. The monoisotopic (exact) mass is 345 g/mol. The van der Waals surface area contributed by atoms with E-state index in [4.69, 9.17) is 0 Å². The number of nitrogens with zero attached hydrogens (tertiary/aromatic N) is 1. The maximum Gasteiger partial charge on any atom is 0.319 e. The second-order valence-electron chi connectivity index (χ2n) is 5.94. The van der Waals surface area contributed by atoms with E-state index in [-0.39, 0.29) is 24.2 Å². The Morgan fingerprint density at radius 3 is 2.56 bits per heavy atom. The van der Waals surface area contributed by atoms with Gasteiger partial charge in [-0.1, -0.05) is 6.07 Å². The SMILES string of the molecule is Cc1ccc(NC(=O)N[C@H]2CC(=O)N(c3ccc(F)cc3)C2)cc1F. The van der Waals surface area contributed by atoms with Gasteiger partial charge in [0, 0.05) is 24.3 Å². The van der Waals surface area contributed by atoms with Gasteiger partial charge >= 0.3 is 6.03 Å². The van der Waals surface area contributed by atoms with Crippen LogP contribution in [-0.4, -0.2) is 24.5 Å². The molecule has 1 heterocycles. The van der Waals surface area contributed by atoms with Crippen molar-refractivity contribution in [2.75, 3.05) is 16.8 Å². The average molecular weight is 345 g/mol. The first-order chi connectivity index (χ1) is 11.9. The number of rotatable bonds is 3. The minimum absolute atomic E-state index is 0.146. The van der Waals surface area contributed by atoms with Gasteiger partial charge in [-0.25, -0.2) is 13.6 Å². The van der Waals surface area contributed by atoms with Crippen LogP contribution in [0.5, 0.6) is 0 Å². The van der Waals surface area contributed by atoms with E-state index in [1.54, 1.807) is 19.1 Å². The van der Waals surface area contributed by atoms with Crippen molar-refractivity contribution in [3.8, 4) is 0 Å². The highest BCUT2D eigenvalue weighted by molar-refractivity contribution is 5.97. The van der Waals surface area contributed by atoms with Crippen molar-refractivity contribution in [3.63, 3.8) is 0 Å². The van der Waals surface area contributed by atoms with Gasteiger partial charge in [0.05, 0.1) is 6.04 Å². The highest BCUT2D eigenvalue weighted by Gasteiger charge is 2.31. The number of carbonyl (C=O) groups is 2. The van der Waals surface area contributed by atoms with E-state index in [2.05, 4.69) is 10.6 Å². The van der Waals surface area contributed by atoms with Crippen LogP contribution in [0.3, 0.4) is 0 Å². The van der Waals surface area contributed by atoms with Gasteiger partial charge in [-0.15, -0.1) is 0 Å². The molecule has 1 saturated heterocycles. The van der Waals surface area contributed by atoms with Gasteiger partial charge in [0.2, 0.25) is 5.91 Å². The molecule has 1 aliphatic rings. The quantitative estimate of drug-likeness (QED) is 0.897. The van der Waals surface area contributed by atoms with Crippen molar-refractivity contribution in [1.29, 1.82) is 0 Å². The Hall–Kier alpha value is -2.96. The molecular weight excluding hydrogens is 328 g/mol. The molecule has 0 radical (unpaired) electrons. The summed E-state index contributed by atoms with van der Waals surface area (Å²) in [7, 11) is 0. The molecule has 0 spiro atoms. The van der Waals surface area contributed by atoms with Gasteiger partial charge < -0.3 is 15.5 Å². The number of nitrogens with one attached hydrogen (secondary N) is 2. The standard InChI is InChI=1S/C18H17F2N3O2/c1-11-2-5-13(8-16(11)20)21-18(25)22-14-9-17(24)23(10-14)15-6-3-12(19)4-7-15/h2-8,14H,9-10H2,1H3,(H2,21,22,25)/t14-/m0/s1. The number of anilines is 2. The molecule has 25 heavy (non-hydrogen) atoms. The van der Waals surface area contributed by atoms with E-state index in [0.29, 0.717) is 23.5 Å². The summed E-state index contributed by atoms with van der Waals surface area (Å²) < 4.78 is 26.5. The molecule has 1 atom stereocenters. The highest BCUT2D eigenvalue weighted by Crippen LogP contribution is 2.22. The molecule has 2 aromatic carbocycles. The number of amides is 3. The van der Waals surface area contributed by atoms with E-state index < -0.39 is 11.8 Å². The Morgan fingerprint density at radius 2 is 1.88 bits per heavy atom. The van der Waals surface area contributed by atoms with Gasteiger partial charge in [0.25, 0.3) is 0 Å². The van der Waals surface area contributed by atoms with Crippen molar-refractivity contribution in [3.05, 3.63) is 59.7 Å². The third-order valence-corrected chi connectivity index (χ3v) is 4.03. The molecule has 3 rings (SSSR count). The second-order valence-corrected chi connectivity index (χ2v) is 5.94. The summed E-state index contributed by atoms with van der Waals surface area (Å²) >= 11 is 0. The first-order valence-electron chi connectivity index (χ1n) is 7.82. The van der Waals surface area contributed by atoms with E-state index in [1.165, 1.54) is 35.2 Å². The van der Waals surface area contributed by atoms with Crippen molar-refractivity contribution in [2.45, 2.75) is 19.4 Å². The summed E-state index contributed by atoms with van der Waals surface area (Å²) in [6.45, 7) is 1.92. The predicted octanol–water partition coefficient (Wildman–Crippen LogP) is 3.20. The molecule has 0 aliphatic carbocycles. The van der Waals surface area contributed by atoms with Gasteiger partial charge in [0.1, 0.15) is 11.6 Å². The predicted molar refractivity (Wildman–Crippen MR) is 90.4 cm³/mol. The largest absolute Gasteiger partial charge is 0.333 e. The number of benzene rings is 2. The number of carbonyl (C=O) groups excluding carboxylic acids is 2. The Morgan fingerprint density at radius 1 is 1.16 bits per heavy atom. The smallest absolute Gasteiger partial charge is 0.319 e. The Labute approximate surface area is 143 Å². The molecule has 5 nitrogen and oxygen atoms in total. The summed E-state index contributed by atoms with van der Waals surface area (Å²) in [4.78, 5) is 25.6. The van der Waals surface area contributed by atoms with Crippen LogP contribution < -0.4 is 15.5 Å². The zero-order chi connectivity index (χ0) is 18.0. The topological polar surface area (TPSA) is 61.4 Å². The second kappa shape index (κ2) is 6.88. The zero-order valence-electron chi connectivity index (χ0n) is 13.6. The molecule has 0 aromatic heterocycles. The lowest BCUT2D eigenvalue weighted by Crippen LogP contribution is -2.39. The van der Waals surface area contributed by atoms with Crippen LogP contribution in [-0.2, 0) is 4.79 Å². The molecule has 1 fully saturated rings. The lowest BCUT2D eigenvalue weighted by molar-refractivity contribution is -0.117. The molecule has 7 heteroatoms. The fraction of sp³-hybridized carbons (Fsp3) is 0.222. The molecule has 2 N–H and O–H groups in total. The summed E-state index contributed by atoms with van der Waals surface area (Å²) in [6.07, 6.45) is 0.146. The number of aryl methyl sites for hydroxylation is 1. The Balaban J connectivity index is 1.60. The van der Waals surface area contributed by atoms with Crippen LogP contribution in [0.25, 0.3) is 0 Å². The molecule has 3 amide bonds. The van der Waals surface area contributed by atoms with Gasteiger partial charge in [-0.2, -0.15) is 0 Å². The van der Waals surface area contributed by atoms with E-state index >= 15 is 0 Å². The number of hydrogen-bond acceptors (Lipinski definition) is 2. The molecule has 1 aliphatic heterocycles. The van der Waals surface area contributed by atoms with Crippen LogP contribution in [0.1, 0.15) is 12.0 Å². The lowest BCUT2D eigenvalue weighted by atomic mass is 10.2. The van der Waals surface area contributed by atoms with Crippen LogP contribution in [0.2, 0.25) is 0 Å². The first-order valence-corrected chi connectivity index (χ1v) is 7.82. The first kappa shape index (κ1) is 16.9. The van der Waals surface area contributed by atoms with Gasteiger partial charge in [-0.3, -0.25) is 4.79 Å². The lowest BCUT2D eigenvalue weighted by Gasteiger charge is -2.17. The third kappa shape index (κ3) is 3.93. The molecule has 130 valence electrons. The maximum absolute atomic E-state index is 13.5. The highest BCUT2D eigenvalue weighted by atomic mass is 19.1. The van der Waals surface area contributed by atoms with Crippen LogP contribution in [0.15, 0.2) is 42.5 Å². The summed E-state index contributed by atoms with van der Waals surface area (Å²) in [5.41, 5.74) is 1.40. The molecule has 0 unspecified atom stereocenters. The minimum Gasteiger partial charge on any atom is -0.333 e. The molecular formula is C18H17F2N3O2. The van der Waals surface area contributed by atoms with Gasteiger partial charge in [0.15, 0.2) is 0 Å². The summed E-state index contributed by atoms with van der Waals surface area (Å²) in [5.74, 6) is -0.940. The van der Waals surface area contributed by atoms with Gasteiger partial charge in [-0.05, 0) is 48.9 Å². The fourth-order valence-electron chi connectivity index (χ4n) is 2.70. The van der Waals surface area contributed by atoms with Crippen molar-refractivity contribution < 1.29 is 18.4 Å². The number of hydrogen-bond donors (Lipinski definition) is 2. The maximum atomic E-state index is 13.5. The van der Waals surface area contributed by atoms with Crippen molar-refractivity contribution >= 4 is 23.3 Å². The van der Waals surface area contributed by atoms with E-state index in [1.807, 2.05) is 0 Å². The van der Waals surface area contributed by atoms with E-state index in [9.17, 15) is 18.4 Å². The summed E-state index contributed by atoms with van der Waals surface area (Å²) in [6, 6.07) is 9.11. The van der Waals surface area contributed by atoms with Crippen LogP contribution >= 0.6 is 0 Å². The Kier molecular flexibility index (Phi) is 4.65. The molecule has 0 bridgehead atoms. The zero-order valence-corrected chi connectivity index (χ0v) is 13.6. The normalized spacial score (nSPS) is 16.8. The van der Waals surface area contributed by atoms with Crippen LogP contribution in [0.4, 0.5) is 25.0 Å². The number of urea groups is 1. The minimum atomic E-state index is -0.512. The van der Waals surface area contributed by atoms with Crippen molar-refractivity contribution in [1.82, 2.24) is 5.32 Å². The third-order valence-electron chi connectivity index (χ3n) is 4.03. The van der Waals surface area contributed by atoms with E-state index in [0.717, 1.165) is 0 Å². The number of halogens is 2. The molecule has 2 aromatic rings.